The van der Waals surface area contributed by atoms with Crippen LogP contribution in [0.3, 0.4) is 0 Å². The standard InChI is InChI=1S/C14H26N4O2/c1-10(2)6-8-20-9-7-15-12(19)11-16-13(18-17-11)14(3,4)5/h10H,6-9H2,1-5H3,(H,15,19)(H,16,17,18). The van der Waals surface area contributed by atoms with Crippen LogP contribution in [0, 0.1) is 5.92 Å². The summed E-state index contributed by atoms with van der Waals surface area (Å²) < 4.78 is 5.43. The molecule has 1 heterocycles. The first-order chi connectivity index (χ1) is 9.30. The monoisotopic (exact) mass is 282 g/mol. The van der Waals surface area contributed by atoms with E-state index in [-0.39, 0.29) is 17.1 Å². The van der Waals surface area contributed by atoms with Gasteiger partial charge in [0.15, 0.2) is 0 Å². The van der Waals surface area contributed by atoms with E-state index in [2.05, 4.69) is 34.3 Å². The van der Waals surface area contributed by atoms with Crippen LogP contribution >= 0.6 is 0 Å². The molecule has 20 heavy (non-hydrogen) atoms. The Kier molecular flexibility index (Phi) is 6.13. The Labute approximate surface area is 120 Å². The average Bonchev–Trinajstić information content (AvgIpc) is 2.82. The largest absolute Gasteiger partial charge is 0.380 e. The lowest BCUT2D eigenvalue weighted by molar-refractivity contribution is 0.0896. The van der Waals surface area contributed by atoms with Gasteiger partial charge >= 0.3 is 0 Å². The number of rotatable bonds is 7. The minimum absolute atomic E-state index is 0.147. The van der Waals surface area contributed by atoms with E-state index in [1.54, 1.807) is 0 Å². The molecule has 0 spiro atoms. The van der Waals surface area contributed by atoms with Crippen LogP contribution in [0.5, 0.6) is 0 Å². The molecular formula is C14H26N4O2. The molecule has 0 unspecified atom stereocenters. The van der Waals surface area contributed by atoms with Crippen LogP contribution in [0.4, 0.5) is 0 Å². The lowest BCUT2D eigenvalue weighted by atomic mass is 9.96. The van der Waals surface area contributed by atoms with Crippen LogP contribution in [0.15, 0.2) is 0 Å². The molecule has 0 aliphatic carbocycles. The Bertz CT molecular complexity index is 421. The first-order valence-electron chi connectivity index (χ1n) is 7.09. The molecule has 1 rings (SSSR count). The van der Waals surface area contributed by atoms with Crippen molar-refractivity contribution in [1.29, 1.82) is 0 Å². The van der Waals surface area contributed by atoms with E-state index in [4.69, 9.17) is 4.74 Å². The quantitative estimate of drug-likeness (QED) is 0.748. The van der Waals surface area contributed by atoms with Gasteiger partial charge in [-0.1, -0.05) is 34.6 Å². The lowest BCUT2D eigenvalue weighted by Gasteiger charge is -2.12. The third-order valence-electron chi connectivity index (χ3n) is 2.77. The van der Waals surface area contributed by atoms with Crippen molar-refractivity contribution in [3.05, 3.63) is 11.6 Å². The molecule has 0 saturated carbocycles. The van der Waals surface area contributed by atoms with Crippen LogP contribution in [-0.2, 0) is 10.2 Å². The topological polar surface area (TPSA) is 79.9 Å². The molecule has 6 heteroatoms. The van der Waals surface area contributed by atoms with Gasteiger partial charge in [0.25, 0.3) is 5.91 Å². The summed E-state index contributed by atoms with van der Waals surface area (Å²) in [7, 11) is 0. The summed E-state index contributed by atoms with van der Waals surface area (Å²) in [6, 6.07) is 0. The van der Waals surface area contributed by atoms with E-state index in [9.17, 15) is 4.79 Å². The van der Waals surface area contributed by atoms with Crippen molar-refractivity contribution in [2.75, 3.05) is 19.8 Å². The minimum atomic E-state index is -0.274. The number of amides is 1. The fourth-order valence-electron chi connectivity index (χ4n) is 1.44. The molecule has 0 radical (unpaired) electrons. The van der Waals surface area contributed by atoms with Crippen molar-refractivity contribution in [3.63, 3.8) is 0 Å². The van der Waals surface area contributed by atoms with Crippen molar-refractivity contribution < 1.29 is 9.53 Å². The number of hydrogen-bond acceptors (Lipinski definition) is 4. The molecule has 1 amide bonds. The smallest absolute Gasteiger partial charge is 0.291 e. The second kappa shape index (κ2) is 7.38. The molecular weight excluding hydrogens is 256 g/mol. The number of hydrogen-bond donors (Lipinski definition) is 2. The van der Waals surface area contributed by atoms with Crippen LogP contribution in [0.1, 0.15) is 57.5 Å². The van der Waals surface area contributed by atoms with E-state index in [0.29, 0.717) is 24.9 Å². The summed E-state index contributed by atoms with van der Waals surface area (Å²) in [5, 5.41) is 9.47. The highest BCUT2D eigenvalue weighted by atomic mass is 16.5. The van der Waals surface area contributed by atoms with Gasteiger partial charge in [0.2, 0.25) is 5.82 Å². The molecule has 0 saturated heterocycles. The van der Waals surface area contributed by atoms with Crippen molar-refractivity contribution in [3.8, 4) is 0 Å². The van der Waals surface area contributed by atoms with E-state index < -0.39 is 0 Å². The second-order valence-corrected chi connectivity index (χ2v) is 6.31. The molecule has 2 N–H and O–H groups in total. The molecule has 0 aliphatic rings. The number of nitrogens with one attached hydrogen (secondary N) is 2. The maximum absolute atomic E-state index is 11.8. The third kappa shape index (κ3) is 5.69. The molecule has 6 nitrogen and oxygen atoms in total. The summed E-state index contributed by atoms with van der Waals surface area (Å²) in [5.41, 5.74) is -0.147. The molecule has 0 fully saturated rings. The van der Waals surface area contributed by atoms with Gasteiger partial charge in [0.1, 0.15) is 5.82 Å². The minimum Gasteiger partial charge on any atom is -0.380 e. The molecule has 0 aliphatic heterocycles. The van der Waals surface area contributed by atoms with E-state index in [1.807, 2.05) is 20.8 Å². The maximum atomic E-state index is 11.8. The van der Waals surface area contributed by atoms with Gasteiger partial charge in [-0.3, -0.25) is 9.89 Å². The number of nitrogens with zero attached hydrogens (tertiary/aromatic N) is 2. The fraction of sp³-hybridized carbons (Fsp3) is 0.786. The Balaban J connectivity index is 2.28. The average molecular weight is 282 g/mol. The van der Waals surface area contributed by atoms with Crippen molar-refractivity contribution in [2.24, 2.45) is 5.92 Å². The number of ether oxygens (including phenoxy) is 1. The van der Waals surface area contributed by atoms with Crippen LogP contribution in [0.2, 0.25) is 0 Å². The van der Waals surface area contributed by atoms with Gasteiger partial charge in [-0.15, -0.1) is 5.10 Å². The normalized spacial score (nSPS) is 11.9. The number of aromatic amines is 1. The van der Waals surface area contributed by atoms with Crippen molar-refractivity contribution in [1.82, 2.24) is 20.5 Å². The van der Waals surface area contributed by atoms with Gasteiger partial charge in [-0.05, 0) is 12.3 Å². The highest BCUT2D eigenvalue weighted by Gasteiger charge is 2.20. The Morgan fingerprint density at radius 1 is 1.35 bits per heavy atom. The number of carbonyl (C=O) groups is 1. The van der Waals surface area contributed by atoms with Crippen molar-refractivity contribution in [2.45, 2.75) is 46.5 Å². The maximum Gasteiger partial charge on any atom is 0.291 e. The predicted octanol–water partition coefficient (Wildman–Crippen LogP) is 1.89. The third-order valence-corrected chi connectivity index (χ3v) is 2.77. The number of carbonyl (C=O) groups excluding carboxylic acids is 1. The van der Waals surface area contributed by atoms with E-state index >= 15 is 0 Å². The zero-order chi connectivity index (χ0) is 15.2. The summed E-state index contributed by atoms with van der Waals surface area (Å²) in [4.78, 5) is 16.0. The van der Waals surface area contributed by atoms with E-state index in [1.165, 1.54) is 0 Å². The zero-order valence-corrected chi connectivity index (χ0v) is 13.1. The highest BCUT2D eigenvalue weighted by molar-refractivity contribution is 5.90. The van der Waals surface area contributed by atoms with Gasteiger partial charge in [-0.2, -0.15) is 0 Å². The van der Waals surface area contributed by atoms with Crippen LogP contribution < -0.4 is 5.32 Å². The van der Waals surface area contributed by atoms with Gasteiger partial charge in [0.05, 0.1) is 6.61 Å². The number of aromatic nitrogens is 3. The Hall–Kier alpha value is -1.43. The highest BCUT2D eigenvalue weighted by Crippen LogP contribution is 2.17. The van der Waals surface area contributed by atoms with Gasteiger partial charge in [-0.25, -0.2) is 4.98 Å². The molecule has 0 aromatic carbocycles. The van der Waals surface area contributed by atoms with Crippen LogP contribution in [-0.4, -0.2) is 40.8 Å². The summed E-state index contributed by atoms with van der Waals surface area (Å²) in [6.07, 6.45) is 1.03. The first-order valence-corrected chi connectivity index (χ1v) is 7.09. The lowest BCUT2D eigenvalue weighted by Crippen LogP contribution is -2.28. The summed E-state index contributed by atoms with van der Waals surface area (Å²) in [6.45, 7) is 12.0. The Morgan fingerprint density at radius 2 is 2.05 bits per heavy atom. The molecule has 0 atom stereocenters. The summed E-state index contributed by atoms with van der Waals surface area (Å²) >= 11 is 0. The van der Waals surface area contributed by atoms with Crippen LogP contribution in [0.25, 0.3) is 0 Å². The molecule has 0 bridgehead atoms. The Morgan fingerprint density at radius 3 is 2.60 bits per heavy atom. The fourth-order valence-corrected chi connectivity index (χ4v) is 1.44. The predicted molar refractivity (Wildman–Crippen MR) is 77.7 cm³/mol. The number of H-pyrrole nitrogens is 1. The zero-order valence-electron chi connectivity index (χ0n) is 13.1. The van der Waals surface area contributed by atoms with Gasteiger partial charge < -0.3 is 10.1 Å². The SMILES string of the molecule is CC(C)CCOCCNC(=O)c1n[nH]c(C(C)(C)C)n1. The summed E-state index contributed by atoms with van der Waals surface area (Å²) in [5.74, 6) is 1.24. The molecule has 114 valence electrons. The first kappa shape index (κ1) is 16.6. The van der Waals surface area contributed by atoms with Crippen molar-refractivity contribution >= 4 is 5.91 Å². The molecule has 1 aromatic heterocycles. The molecule has 1 aromatic rings. The van der Waals surface area contributed by atoms with E-state index in [0.717, 1.165) is 13.0 Å². The second-order valence-electron chi connectivity index (χ2n) is 6.31. The van der Waals surface area contributed by atoms with Gasteiger partial charge in [0, 0.05) is 18.6 Å².